The number of hydrogen-bond donors (Lipinski definition) is 0. The number of ether oxygens (including phenoxy) is 1. The van der Waals surface area contributed by atoms with E-state index in [2.05, 4.69) is 17.0 Å². The number of hydrogen-bond acceptors (Lipinski definition) is 4. The summed E-state index contributed by atoms with van der Waals surface area (Å²) in [5.74, 6) is 0.437. The van der Waals surface area contributed by atoms with Crippen LogP contribution in [-0.2, 0) is 0 Å². The molecule has 1 amide bonds. The first kappa shape index (κ1) is 14.6. The molecule has 0 spiro atoms. The van der Waals surface area contributed by atoms with E-state index in [4.69, 9.17) is 4.74 Å². The first-order chi connectivity index (χ1) is 10.7. The van der Waals surface area contributed by atoms with Gasteiger partial charge >= 0.3 is 0 Å². The predicted octanol–water partition coefficient (Wildman–Crippen LogP) is 1.27. The number of methoxy groups -OCH3 is 1. The van der Waals surface area contributed by atoms with Gasteiger partial charge in [0.1, 0.15) is 0 Å². The highest BCUT2D eigenvalue weighted by Gasteiger charge is 2.26. The van der Waals surface area contributed by atoms with Crippen LogP contribution >= 0.6 is 0 Å². The molecule has 1 aliphatic rings. The first-order valence-corrected chi connectivity index (χ1v) is 7.36. The highest BCUT2D eigenvalue weighted by Crippen LogP contribution is 2.21. The molecule has 1 aromatic heterocycles. The van der Waals surface area contributed by atoms with Gasteiger partial charge in [0, 0.05) is 26.2 Å². The van der Waals surface area contributed by atoms with Crippen LogP contribution in [0.1, 0.15) is 10.5 Å². The zero-order valence-electron chi connectivity index (χ0n) is 12.9. The van der Waals surface area contributed by atoms with Crippen LogP contribution in [0.4, 0.5) is 0 Å². The lowest BCUT2D eigenvalue weighted by Gasteiger charge is -2.32. The molecule has 2 heterocycles. The van der Waals surface area contributed by atoms with Gasteiger partial charge in [0.15, 0.2) is 11.4 Å². The maximum absolute atomic E-state index is 12.7. The summed E-state index contributed by atoms with van der Waals surface area (Å²) >= 11 is 0. The van der Waals surface area contributed by atoms with Crippen LogP contribution in [0.2, 0.25) is 0 Å². The van der Waals surface area contributed by atoms with E-state index in [1.165, 1.54) is 0 Å². The Hall–Kier alpha value is -2.34. The Bertz CT molecular complexity index is 645. The number of likely N-dealkylation sites (N-methyl/N-ethyl adjacent to an activating group) is 1. The van der Waals surface area contributed by atoms with E-state index in [1.54, 1.807) is 18.0 Å². The predicted molar refractivity (Wildman–Crippen MR) is 83.5 cm³/mol. The average molecular weight is 300 g/mol. The Morgan fingerprint density at radius 1 is 1.14 bits per heavy atom. The molecule has 6 heteroatoms. The van der Waals surface area contributed by atoms with Gasteiger partial charge in [-0.1, -0.05) is 18.2 Å². The molecule has 0 unspecified atom stereocenters. The van der Waals surface area contributed by atoms with Crippen molar-refractivity contribution in [3.63, 3.8) is 0 Å². The van der Waals surface area contributed by atoms with E-state index in [0.29, 0.717) is 11.4 Å². The van der Waals surface area contributed by atoms with Gasteiger partial charge in [-0.3, -0.25) is 4.79 Å². The molecule has 0 saturated carbocycles. The second-order valence-corrected chi connectivity index (χ2v) is 5.42. The lowest BCUT2D eigenvalue weighted by Crippen LogP contribution is -2.47. The molecule has 1 aliphatic heterocycles. The second-order valence-electron chi connectivity index (χ2n) is 5.42. The van der Waals surface area contributed by atoms with Gasteiger partial charge in [-0.15, -0.1) is 0 Å². The van der Waals surface area contributed by atoms with Crippen LogP contribution < -0.4 is 4.74 Å². The van der Waals surface area contributed by atoms with Gasteiger partial charge in [0.2, 0.25) is 0 Å². The molecule has 2 aromatic rings. The van der Waals surface area contributed by atoms with Crippen molar-refractivity contribution >= 4 is 5.91 Å². The number of carbonyl (C=O) groups is 1. The zero-order chi connectivity index (χ0) is 15.5. The molecular weight excluding hydrogens is 280 g/mol. The third-order valence-corrected chi connectivity index (χ3v) is 3.91. The number of para-hydroxylation sites is 1. The van der Waals surface area contributed by atoms with E-state index in [0.717, 1.165) is 31.9 Å². The Kier molecular flexibility index (Phi) is 4.11. The Morgan fingerprint density at radius 2 is 1.82 bits per heavy atom. The van der Waals surface area contributed by atoms with Crippen LogP contribution in [-0.4, -0.2) is 65.8 Å². The fourth-order valence-corrected chi connectivity index (χ4v) is 2.53. The van der Waals surface area contributed by atoms with Gasteiger partial charge in [-0.25, -0.2) is 4.68 Å². The number of rotatable bonds is 3. The number of benzene rings is 1. The molecule has 0 bridgehead atoms. The monoisotopic (exact) mass is 300 g/mol. The van der Waals surface area contributed by atoms with Crippen LogP contribution in [0.3, 0.4) is 0 Å². The molecule has 0 atom stereocenters. The number of amides is 1. The van der Waals surface area contributed by atoms with Crippen molar-refractivity contribution < 1.29 is 9.53 Å². The summed E-state index contributed by atoms with van der Waals surface area (Å²) in [6.45, 7) is 3.20. The summed E-state index contributed by atoms with van der Waals surface area (Å²) in [5, 5.41) is 4.43. The van der Waals surface area contributed by atoms with Crippen LogP contribution in [0.5, 0.6) is 5.75 Å². The molecule has 116 valence electrons. The SMILES string of the molecule is COc1cn(-c2ccccc2)nc1C(=O)N1CCN(C)CC1. The van der Waals surface area contributed by atoms with Crippen LogP contribution in [0.25, 0.3) is 5.69 Å². The Labute approximate surface area is 129 Å². The Balaban J connectivity index is 1.87. The third kappa shape index (κ3) is 2.82. The fourth-order valence-electron chi connectivity index (χ4n) is 2.53. The summed E-state index contributed by atoms with van der Waals surface area (Å²) in [5.41, 5.74) is 1.27. The standard InChI is InChI=1S/C16H20N4O2/c1-18-8-10-19(11-9-18)16(21)15-14(22-2)12-20(17-15)13-6-4-3-5-7-13/h3-7,12H,8-11H2,1-2H3. The number of aromatic nitrogens is 2. The van der Waals surface area contributed by atoms with Crippen molar-refractivity contribution in [3.05, 3.63) is 42.2 Å². The zero-order valence-corrected chi connectivity index (χ0v) is 12.9. The summed E-state index contributed by atoms with van der Waals surface area (Å²) in [6.07, 6.45) is 1.75. The maximum atomic E-state index is 12.7. The first-order valence-electron chi connectivity index (χ1n) is 7.36. The molecule has 0 N–H and O–H groups in total. The molecular formula is C16H20N4O2. The lowest BCUT2D eigenvalue weighted by molar-refractivity contribution is 0.0654. The molecule has 1 saturated heterocycles. The van der Waals surface area contributed by atoms with Crippen molar-refractivity contribution in [1.29, 1.82) is 0 Å². The average Bonchev–Trinajstić information content (AvgIpc) is 3.00. The maximum Gasteiger partial charge on any atom is 0.278 e. The van der Waals surface area contributed by atoms with Gasteiger partial charge in [0.05, 0.1) is 19.0 Å². The third-order valence-electron chi connectivity index (χ3n) is 3.91. The number of piperazine rings is 1. The molecule has 1 aromatic carbocycles. The number of nitrogens with zero attached hydrogens (tertiary/aromatic N) is 4. The summed E-state index contributed by atoms with van der Waals surface area (Å²) in [6, 6.07) is 9.70. The summed E-state index contributed by atoms with van der Waals surface area (Å²) in [4.78, 5) is 16.7. The van der Waals surface area contributed by atoms with E-state index in [9.17, 15) is 4.79 Å². The minimum atomic E-state index is -0.0698. The van der Waals surface area contributed by atoms with Crippen LogP contribution in [0, 0.1) is 0 Å². The van der Waals surface area contributed by atoms with Gasteiger partial charge in [-0.05, 0) is 19.2 Å². The van der Waals surface area contributed by atoms with Crippen molar-refractivity contribution in [3.8, 4) is 11.4 Å². The van der Waals surface area contributed by atoms with E-state index in [1.807, 2.05) is 35.2 Å². The molecule has 22 heavy (non-hydrogen) atoms. The molecule has 0 radical (unpaired) electrons. The lowest BCUT2D eigenvalue weighted by atomic mass is 10.3. The van der Waals surface area contributed by atoms with Gasteiger partial charge in [0.25, 0.3) is 5.91 Å². The van der Waals surface area contributed by atoms with Crippen molar-refractivity contribution in [1.82, 2.24) is 19.6 Å². The fraction of sp³-hybridized carbons (Fsp3) is 0.375. The topological polar surface area (TPSA) is 50.6 Å². The quantitative estimate of drug-likeness (QED) is 0.856. The highest BCUT2D eigenvalue weighted by atomic mass is 16.5. The van der Waals surface area contributed by atoms with Crippen molar-refractivity contribution in [2.24, 2.45) is 0 Å². The van der Waals surface area contributed by atoms with Gasteiger partial charge in [-0.2, -0.15) is 5.10 Å². The smallest absolute Gasteiger partial charge is 0.278 e. The van der Waals surface area contributed by atoms with E-state index < -0.39 is 0 Å². The van der Waals surface area contributed by atoms with E-state index >= 15 is 0 Å². The minimum Gasteiger partial charge on any atom is -0.493 e. The second kappa shape index (κ2) is 6.19. The van der Waals surface area contributed by atoms with Crippen LogP contribution in [0.15, 0.2) is 36.5 Å². The minimum absolute atomic E-state index is 0.0698. The molecule has 3 rings (SSSR count). The largest absolute Gasteiger partial charge is 0.493 e. The Morgan fingerprint density at radius 3 is 2.45 bits per heavy atom. The molecule has 0 aliphatic carbocycles. The molecule has 6 nitrogen and oxygen atoms in total. The van der Waals surface area contributed by atoms with Crippen molar-refractivity contribution in [2.45, 2.75) is 0 Å². The number of carbonyl (C=O) groups excluding carboxylic acids is 1. The van der Waals surface area contributed by atoms with E-state index in [-0.39, 0.29) is 5.91 Å². The summed E-state index contributed by atoms with van der Waals surface area (Å²) < 4.78 is 7.02. The normalized spacial score (nSPS) is 15.8. The summed E-state index contributed by atoms with van der Waals surface area (Å²) in [7, 11) is 3.62. The highest BCUT2D eigenvalue weighted by molar-refractivity contribution is 5.95. The van der Waals surface area contributed by atoms with Gasteiger partial charge < -0.3 is 14.5 Å². The van der Waals surface area contributed by atoms with Crippen molar-refractivity contribution in [2.75, 3.05) is 40.3 Å². The molecule has 1 fully saturated rings.